The van der Waals surface area contributed by atoms with E-state index in [1.54, 1.807) is 48.5 Å². The Hall–Kier alpha value is -4.83. The summed E-state index contributed by atoms with van der Waals surface area (Å²) in [6, 6.07) is 18.0. The number of amides is 4. The molecular weight excluding hydrogens is 630 g/mol. The lowest BCUT2D eigenvalue weighted by Gasteiger charge is -2.24. The van der Waals surface area contributed by atoms with Gasteiger partial charge in [-0.1, -0.05) is 36.4 Å². The number of carbonyl (C=O) groups is 4. The van der Waals surface area contributed by atoms with Crippen molar-refractivity contribution in [2.45, 2.75) is 30.6 Å². The van der Waals surface area contributed by atoms with E-state index in [0.717, 1.165) is 31.3 Å². The minimum Gasteiger partial charge on any atom is -0.314 e. The van der Waals surface area contributed by atoms with Crippen LogP contribution in [0.5, 0.6) is 0 Å². The predicted molar refractivity (Wildman–Crippen MR) is 167 cm³/mol. The number of hydroxylamine groups is 2. The Bertz CT molecular complexity index is 1760. The highest BCUT2D eigenvalue weighted by atomic mass is 32.2. The van der Waals surface area contributed by atoms with Crippen molar-refractivity contribution in [1.29, 1.82) is 0 Å². The molecule has 0 spiro atoms. The van der Waals surface area contributed by atoms with Crippen LogP contribution in [-0.2, 0) is 10.0 Å². The summed E-state index contributed by atoms with van der Waals surface area (Å²) in [7, 11) is -4.35. The van der Waals surface area contributed by atoms with E-state index in [4.69, 9.17) is 0 Å². The molecule has 0 fully saturated rings. The number of nitro groups is 1. The Morgan fingerprint density at radius 2 is 1.00 bits per heavy atom. The highest BCUT2D eigenvalue weighted by Gasteiger charge is 2.36. The standard InChI is InChI=1S/C32H33N5O9S/c38-29-23-11-1-2-12-24(23)30(39)35(29)21-9-18-33(42)17-7-8-19-34(47(45,46)28-16-6-5-15-27(28)37(43)44)20-10-22-36-31(40)25-13-3-4-14-26(25)32(36)41/h1-6,11-16,42H,7-10,17-22H2. The second-order valence-corrected chi connectivity index (χ2v) is 13.0. The van der Waals surface area contributed by atoms with Gasteiger partial charge in [0.05, 0.1) is 27.2 Å². The number of hydrogen-bond donors (Lipinski definition) is 1. The molecule has 15 heteroatoms. The summed E-state index contributed by atoms with van der Waals surface area (Å²) in [5, 5.41) is 23.0. The van der Waals surface area contributed by atoms with Gasteiger partial charge in [0.15, 0.2) is 4.90 Å². The van der Waals surface area contributed by atoms with Crippen LogP contribution in [-0.4, -0.2) is 101 Å². The quantitative estimate of drug-likeness (QED) is 0.103. The third-order valence-corrected chi connectivity index (χ3v) is 10.0. The van der Waals surface area contributed by atoms with E-state index in [9.17, 15) is 42.9 Å². The summed E-state index contributed by atoms with van der Waals surface area (Å²) in [6.07, 6.45) is 1.04. The number of imide groups is 2. The van der Waals surface area contributed by atoms with Crippen LogP contribution in [0.4, 0.5) is 5.69 Å². The van der Waals surface area contributed by atoms with Gasteiger partial charge in [0.2, 0.25) is 10.0 Å². The number of fused-ring (bicyclic) bond motifs is 2. The summed E-state index contributed by atoms with van der Waals surface area (Å²) >= 11 is 0. The molecule has 3 aromatic carbocycles. The molecule has 14 nitrogen and oxygen atoms in total. The van der Waals surface area contributed by atoms with Crippen molar-refractivity contribution in [3.05, 3.63) is 105 Å². The Morgan fingerprint density at radius 1 is 0.617 bits per heavy atom. The maximum Gasteiger partial charge on any atom is 0.289 e. The topological polar surface area (TPSA) is 179 Å². The van der Waals surface area contributed by atoms with E-state index in [0.29, 0.717) is 24.0 Å². The molecule has 0 bridgehead atoms. The zero-order valence-electron chi connectivity index (χ0n) is 25.4. The second kappa shape index (κ2) is 14.3. The summed E-state index contributed by atoms with van der Waals surface area (Å²) in [4.78, 5) is 63.2. The summed E-state index contributed by atoms with van der Waals surface area (Å²) in [6.45, 7) is 0.234. The number of hydrogen-bond acceptors (Lipinski definition) is 10. The first-order valence-electron chi connectivity index (χ1n) is 15.1. The molecule has 1 N–H and O–H groups in total. The Balaban J connectivity index is 1.16. The molecule has 0 aliphatic carbocycles. The van der Waals surface area contributed by atoms with Crippen LogP contribution >= 0.6 is 0 Å². The molecule has 2 heterocycles. The molecule has 0 saturated carbocycles. The highest BCUT2D eigenvalue weighted by Crippen LogP contribution is 2.28. The van der Waals surface area contributed by atoms with Crippen LogP contribution in [0.3, 0.4) is 0 Å². The van der Waals surface area contributed by atoms with Crippen molar-refractivity contribution in [1.82, 2.24) is 19.2 Å². The van der Waals surface area contributed by atoms with Crippen LogP contribution < -0.4 is 0 Å². The van der Waals surface area contributed by atoms with Gasteiger partial charge < -0.3 is 5.21 Å². The van der Waals surface area contributed by atoms with Gasteiger partial charge in [-0.3, -0.25) is 39.1 Å². The van der Waals surface area contributed by atoms with Crippen molar-refractivity contribution in [3.63, 3.8) is 0 Å². The maximum atomic E-state index is 13.7. The molecule has 5 rings (SSSR count). The Labute approximate surface area is 270 Å². The van der Waals surface area contributed by atoms with Crippen LogP contribution in [0.25, 0.3) is 0 Å². The van der Waals surface area contributed by atoms with E-state index >= 15 is 0 Å². The zero-order valence-corrected chi connectivity index (χ0v) is 26.2. The summed E-state index contributed by atoms with van der Waals surface area (Å²) in [5.41, 5.74) is 0.681. The first-order valence-corrected chi connectivity index (χ1v) is 16.5. The first-order chi connectivity index (χ1) is 22.5. The second-order valence-electron chi connectivity index (χ2n) is 11.1. The number of unbranched alkanes of at least 4 members (excludes halogenated alkanes) is 1. The van der Waals surface area contributed by atoms with Crippen molar-refractivity contribution >= 4 is 39.3 Å². The molecule has 2 aliphatic rings. The SMILES string of the molecule is O=C1c2ccccc2C(=O)N1CCCN(O)CCCCN(CCCN1C(=O)c2ccccc2C1=O)S(=O)(=O)c1ccccc1[N+](=O)[O-]. The fraction of sp³-hybridized carbons (Fsp3) is 0.312. The van der Waals surface area contributed by atoms with E-state index < -0.39 is 37.3 Å². The van der Waals surface area contributed by atoms with Crippen LogP contribution in [0.2, 0.25) is 0 Å². The third kappa shape index (κ3) is 6.97. The van der Waals surface area contributed by atoms with Crippen molar-refractivity contribution in [2.24, 2.45) is 0 Å². The highest BCUT2D eigenvalue weighted by molar-refractivity contribution is 7.89. The predicted octanol–water partition coefficient (Wildman–Crippen LogP) is 3.43. The van der Waals surface area contributed by atoms with Gasteiger partial charge in [-0.2, -0.15) is 9.37 Å². The van der Waals surface area contributed by atoms with Crippen molar-refractivity contribution < 1.29 is 37.7 Å². The van der Waals surface area contributed by atoms with E-state index in [1.807, 2.05) is 0 Å². The monoisotopic (exact) mass is 663 g/mol. The molecule has 0 saturated heterocycles. The van der Waals surface area contributed by atoms with Gasteiger partial charge >= 0.3 is 0 Å². The lowest BCUT2D eigenvalue weighted by atomic mass is 10.1. The van der Waals surface area contributed by atoms with Gasteiger partial charge in [0.1, 0.15) is 0 Å². The van der Waals surface area contributed by atoms with Gasteiger partial charge in [-0.25, -0.2) is 8.42 Å². The molecule has 47 heavy (non-hydrogen) atoms. The number of rotatable bonds is 16. The number of benzene rings is 3. The molecule has 3 aromatic rings. The molecule has 0 aromatic heterocycles. The average Bonchev–Trinajstić information content (AvgIpc) is 3.46. The fourth-order valence-electron chi connectivity index (χ4n) is 5.71. The molecule has 2 aliphatic heterocycles. The number of nitrogens with zero attached hydrogens (tertiary/aromatic N) is 5. The molecule has 246 valence electrons. The fourth-order valence-corrected chi connectivity index (χ4v) is 7.39. The van der Waals surface area contributed by atoms with Gasteiger partial charge in [-0.05, 0) is 56.0 Å². The smallest absolute Gasteiger partial charge is 0.289 e. The van der Waals surface area contributed by atoms with E-state index in [1.165, 1.54) is 12.1 Å². The zero-order chi connectivity index (χ0) is 33.7. The molecular formula is C32H33N5O9S. The number of nitro benzene ring substituents is 1. The third-order valence-electron chi connectivity index (χ3n) is 8.10. The maximum absolute atomic E-state index is 13.7. The summed E-state index contributed by atoms with van der Waals surface area (Å²) < 4.78 is 28.4. The lowest BCUT2D eigenvalue weighted by Crippen LogP contribution is -2.37. The lowest BCUT2D eigenvalue weighted by molar-refractivity contribution is -0.387. The summed E-state index contributed by atoms with van der Waals surface area (Å²) in [5.74, 6) is -1.69. The number of sulfonamides is 1. The van der Waals surface area contributed by atoms with Gasteiger partial charge in [0.25, 0.3) is 29.3 Å². The number of carbonyl (C=O) groups excluding carboxylic acids is 4. The van der Waals surface area contributed by atoms with Gasteiger partial charge in [-0.15, -0.1) is 0 Å². The number of para-hydroxylation sites is 1. The minimum absolute atomic E-state index is 0.0423. The molecule has 4 amide bonds. The molecule has 0 atom stereocenters. The Kier molecular flexibility index (Phi) is 10.2. The van der Waals surface area contributed by atoms with Crippen molar-refractivity contribution in [2.75, 3.05) is 39.3 Å². The minimum atomic E-state index is -4.35. The van der Waals surface area contributed by atoms with Crippen LogP contribution in [0.1, 0.15) is 67.1 Å². The van der Waals surface area contributed by atoms with Gasteiger partial charge in [0, 0.05) is 45.3 Å². The first kappa shape index (κ1) is 33.5. The average molecular weight is 664 g/mol. The Morgan fingerprint density at radius 3 is 1.49 bits per heavy atom. The molecule has 0 unspecified atom stereocenters. The van der Waals surface area contributed by atoms with E-state index in [2.05, 4.69) is 0 Å². The normalized spacial score (nSPS) is 14.4. The van der Waals surface area contributed by atoms with Crippen LogP contribution in [0, 0.1) is 10.1 Å². The largest absolute Gasteiger partial charge is 0.314 e. The van der Waals surface area contributed by atoms with E-state index in [-0.39, 0.29) is 75.1 Å². The van der Waals surface area contributed by atoms with Crippen LogP contribution in [0.15, 0.2) is 77.7 Å². The molecule has 0 radical (unpaired) electrons. The van der Waals surface area contributed by atoms with Crippen molar-refractivity contribution in [3.8, 4) is 0 Å².